The summed E-state index contributed by atoms with van der Waals surface area (Å²) >= 11 is 7.57. The first kappa shape index (κ1) is 10.2. The fraction of sp³-hybridized carbons (Fsp3) is 0.400. The van der Waals surface area contributed by atoms with Crippen molar-refractivity contribution in [2.45, 2.75) is 31.6 Å². The Morgan fingerprint density at radius 2 is 1.67 bits per heavy atom. The van der Waals surface area contributed by atoms with Crippen LogP contribution in [0.4, 0.5) is 0 Å². The first-order chi connectivity index (χ1) is 5.70. The fourth-order valence-electron chi connectivity index (χ4n) is 1.22. The van der Waals surface area contributed by atoms with Crippen molar-refractivity contribution in [3.63, 3.8) is 0 Å². The molecule has 0 N–H and O–H groups in total. The summed E-state index contributed by atoms with van der Waals surface area (Å²) < 4.78 is 1.22. The van der Waals surface area contributed by atoms with E-state index in [1.54, 1.807) is 0 Å². The van der Waals surface area contributed by atoms with Crippen LogP contribution in [0.3, 0.4) is 0 Å². The summed E-state index contributed by atoms with van der Waals surface area (Å²) in [5.41, 5.74) is 2.68. The van der Waals surface area contributed by atoms with Crippen LogP contribution in [0.15, 0.2) is 17.0 Å². The number of aryl methyl sites for hydroxylation is 2. The SMILES string of the molecule is CCc1ccc(CC)c([Se])c1S. The van der Waals surface area contributed by atoms with Crippen LogP contribution in [0.5, 0.6) is 0 Å². The van der Waals surface area contributed by atoms with Gasteiger partial charge in [-0.15, -0.1) is 0 Å². The van der Waals surface area contributed by atoms with E-state index in [2.05, 4.69) is 54.6 Å². The standard InChI is InChI=1S/C10H13SSe/c1-3-7-5-6-8(4-2)10(12)9(7)11/h5-6,11H,3-4H2,1-2H3. The summed E-state index contributed by atoms with van der Waals surface area (Å²) in [5, 5.41) is 0. The average molecular weight is 244 g/mol. The van der Waals surface area contributed by atoms with E-state index in [1.807, 2.05) is 0 Å². The van der Waals surface area contributed by atoms with Gasteiger partial charge in [0.05, 0.1) is 0 Å². The van der Waals surface area contributed by atoms with Crippen LogP contribution in [0.2, 0.25) is 0 Å². The van der Waals surface area contributed by atoms with Gasteiger partial charge in [0, 0.05) is 0 Å². The van der Waals surface area contributed by atoms with Crippen LogP contribution in [-0.4, -0.2) is 16.0 Å². The minimum atomic E-state index is 1.05. The van der Waals surface area contributed by atoms with E-state index in [-0.39, 0.29) is 0 Å². The summed E-state index contributed by atoms with van der Waals surface area (Å²) in [5.74, 6) is 0. The molecule has 12 heavy (non-hydrogen) atoms. The van der Waals surface area contributed by atoms with Gasteiger partial charge in [0.15, 0.2) is 0 Å². The van der Waals surface area contributed by atoms with Gasteiger partial charge in [-0.2, -0.15) is 0 Å². The molecule has 0 bridgehead atoms. The van der Waals surface area contributed by atoms with Gasteiger partial charge in [0.1, 0.15) is 0 Å². The number of thiol groups is 1. The topological polar surface area (TPSA) is 0 Å². The zero-order valence-corrected chi connectivity index (χ0v) is 10.0. The normalized spacial score (nSPS) is 10.2. The van der Waals surface area contributed by atoms with Crippen LogP contribution in [-0.2, 0) is 12.8 Å². The number of benzene rings is 1. The summed E-state index contributed by atoms with van der Waals surface area (Å²) in [6, 6.07) is 4.35. The van der Waals surface area contributed by atoms with Crippen LogP contribution in [0, 0.1) is 0 Å². The molecule has 0 aliphatic rings. The van der Waals surface area contributed by atoms with E-state index in [0.717, 1.165) is 17.7 Å². The fourth-order valence-corrected chi connectivity index (χ4v) is 2.31. The van der Waals surface area contributed by atoms with Crippen molar-refractivity contribution in [1.82, 2.24) is 0 Å². The molecule has 0 fully saturated rings. The number of hydrogen-bond donors (Lipinski definition) is 1. The maximum absolute atomic E-state index is 4.48. The Balaban J connectivity index is 3.20. The van der Waals surface area contributed by atoms with Crippen molar-refractivity contribution < 1.29 is 0 Å². The van der Waals surface area contributed by atoms with Crippen molar-refractivity contribution in [2.24, 2.45) is 0 Å². The van der Waals surface area contributed by atoms with Gasteiger partial charge in [0.25, 0.3) is 0 Å². The molecule has 1 rings (SSSR count). The van der Waals surface area contributed by atoms with E-state index >= 15 is 0 Å². The average Bonchev–Trinajstić information content (AvgIpc) is 2.10. The molecule has 0 atom stereocenters. The second-order valence-corrected chi connectivity index (χ2v) is 4.07. The Morgan fingerprint density at radius 3 is 2.17 bits per heavy atom. The van der Waals surface area contributed by atoms with E-state index in [9.17, 15) is 0 Å². The number of hydrogen-bond acceptors (Lipinski definition) is 1. The van der Waals surface area contributed by atoms with Gasteiger partial charge in [-0.1, -0.05) is 0 Å². The van der Waals surface area contributed by atoms with Crippen molar-refractivity contribution in [3.05, 3.63) is 23.3 Å². The molecule has 1 radical (unpaired) electrons. The van der Waals surface area contributed by atoms with Crippen LogP contribution in [0.1, 0.15) is 25.0 Å². The van der Waals surface area contributed by atoms with Crippen LogP contribution in [0.25, 0.3) is 0 Å². The molecule has 2 heteroatoms. The zero-order valence-electron chi connectivity index (χ0n) is 7.42. The maximum atomic E-state index is 4.48. The van der Waals surface area contributed by atoms with Crippen molar-refractivity contribution in [1.29, 1.82) is 0 Å². The molecular weight excluding hydrogens is 231 g/mol. The Morgan fingerprint density at radius 1 is 1.17 bits per heavy atom. The van der Waals surface area contributed by atoms with Crippen molar-refractivity contribution in [3.8, 4) is 0 Å². The van der Waals surface area contributed by atoms with Crippen molar-refractivity contribution >= 4 is 33.1 Å². The zero-order chi connectivity index (χ0) is 9.14. The summed E-state index contributed by atoms with van der Waals surface area (Å²) in [6.45, 7) is 4.31. The molecule has 65 valence electrons. The number of rotatable bonds is 2. The quantitative estimate of drug-likeness (QED) is 0.596. The van der Waals surface area contributed by atoms with Gasteiger partial charge >= 0.3 is 87.9 Å². The molecule has 1 aromatic rings. The second kappa shape index (κ2) is 4.36. The van der Waals surface area contributed by atoms with Gasteiger partial charge in [0.2, 0.25) is 0 Å². The third-order valence-corrected chi connectivity index (χ3v) is 3.89. The Bertz CT molecular complexity index is 252. The summed E-state index contributed by atoms with van der Waals surface area (Å²) in [6.07, 6.45) is 2.12. The van der Waals surface area contributed by atoms with Crippen LogP contribution >= 0.6 is 12.6 Å². The molecule has 1 aromatic carbocycles. The molecule has 0 aliphatic carbocycles. The first-order valence-corrected chi connectivity index (χ1v) is 5.51. The second-order valence-electron chi connectivity index (χ2n) is 2.77. The van der Waals surface area contributed by atoms with E-state index in [0.29, 0.717) is 0 Å². The molecule has 0 spiro atoms. The molecule has 0 aromatic heterocycles. The molecular formula is C10H13SSe. The molecule has 0 saturated carbocycles. The third-order valence-electron chi connectivity index (χ3n) is 2.06. The van der Waals surface area contributed by atoms with Gasteiger partial charge in [-0.25, -0.2) is 0 Å². The molecule has 0 saturated heterocycles. The summed E-state index contributed by atoms with van der Waals surface area (Å²) in [7, 11) is 0. The first-order valence-electron chi connectivity index (χ1n) is 4.21. The minimum absolute atomic E-state index is 1.05. The Labute approximate surface area is 88.0 Å². The van der Waals surface area contributed by atoms with Gasteiger partial charge in [-0.05, 0) is 0 Å². The van der Waals surface area contributed by atoms with Crippen molar-refractivity contribution in [2.75, 3.05) is 0 Å². The van der Waals surface area contributed by atoms with Gasteiger partial charge in [-0.3, -0.25) is 0 Å². The van der Waals surface area contributed by atoms with E-state index < -0.39 is 0 Å². The molecule has 0 amide bonds. The Kier molecular flexibility index (Phi) is 3.70. The Hall–Kier alpha value is 0.0895. The predicted octanol–water partition coefficient (Wildman–Crippen LogP) is 1.89. The monoisotopic (exact) mass is 245 g/mol. The molecule has 0 nitrogen and oxygen atoms in total. The summed E-state index contributed by atoms with van der Waals surface area (Å²) in [4.78, 5) is 1.12. The van der Waals surface area contributed by atoms with Crippen LogP contribution < -0.4 is 4.46 Å². The molecule has 0 heterocycles. The molecule has 0 unspecified atom stereocenters. The van der Waals surface area contributed by atoms with Gasteiger partial charge < -0.3 is 0 Å². The van der Waals surface area contributed by atoms with E-state index in [1.165, 1.54) is 15.6 Å². The molecule has 0 aliphatic heterocycles. The third kappa shape index (κ3) is 1.87. The predicted molar refractivity (Wildman–Crippen MR) is 57.8 cm³/mol. The van der Waals surface area contributed by atoms with E-state index in [4.69, 9.17) is 0 Å².